The largest absolute Gasteiger partial charge is 0.496 e. The molecule has 0 fully saturated rings. The second-order valence-corrected chi connectivity index (χ2v) is 7.77. The van der Waals surface area contributed by atoms with Gasteiger partial charge in [0.1, 0.15) is 17.9 Å². The average molecular weight is 442 g/mol. The summed E-state index contributed by atoms with van der Waals surface area (Å²) in [6, 6.07) is 1.65. The lowest BCUT2D eigenvalue weighted by Gasteiger charge is -2.21. The van der Waals surface area contributed by atoms with Crippen LogP contribution in [-0.4, -0.2) is 48.4 Å². The zero-order chi connectivity index (χ0) is 22.3. The second-order valence-electron chi connectivity index (χ2n) is 7.36. The van der Waals surface area contributed by atoms with Gasteiger partial charge in [-0.15, -0.1) is 0 Å². The highest BCUT2D eigenvalue weighted by molar-refractivity contribution is 6.32. The molecule has 0 aliphatic rings. The summed E-state index contributed by atoms with van der Waals surface area (Å²) >= 11 is 6.65. The number of halogens is 1. The molecule has 3 N–H and O–H groups in total. The number of aryl methyl sites for hydroxylation is 1. The molecular weight excluding hydrogens is 418 g/mol. The van der Waals surface area contributed by atoms with E-state index in [2.05, 4.69) is 20.2 Å². The molecule has 0 saturated carbocycles. The van der Waals surface area contributed by atoms with Crippen LogP contribution in [0, 0.1) is 13.8 Å². The van der Waals surface area contributed by atoms with Crippen molar-refractivity contribution in [3.05, 3.63) is 46.6 Å². The Morgan fingerprint density at radius 3 is 2.77 bits per heavy atom. The van der Waals surface area contributed by atoms with E-state index in [1.807, 2.05) is 37.7 Å². The van der Waals surface area contributed by atoms with Gasteiger partial charge in [-0.2, -0.15) is 10.2 Å². The first-order valence-electron chi connectivity index (χ1n) is 9.83. The molecule has 0 radical (unpaired) electrons. The number of fused-ring (bicyclic) bond motifs is 1. The van der Waals surface area contributed by atoms with E-state index < -0.39 is 0 Å². The fourth-order valence-corrected chi connectivity index (χ4v) is 4.12. The Kier molecular flexibility index (Phi) is 5.55. The third kappa shape index (κ3) is 3.49. The summed E-state index contributed by atoms with van der Waals surface area (Å²) in [5.41, 5.74) is 10.9. The molecule has 0 amide bonds. The zero-order valence-electron chi connectivity index (χ0n) is 17.8. The lowest BCUT2D eigenvalue weighted by molar-refractivity contribution is 0.269. The van der Waals surface area contributed by atoms with E-state index >= 15 is 0 Å². The fraction of sp³-hybridized carbons (Fsp3) is 0.333. The number of nitrogen functional groups attached to an aromatic ring is 1. The molecule has 0 aliphatic heterocycles. The number of anilines is 1. The minimum atomic E-state index is -0.246. The number of nitrogens with zero attached hydrogens (tertiary/aromatic N) is 6. The van der Waals surface area contributed by atoms with E-state index in [0.29, 0.717) is 28.8 Å². The highest BCUT2D eigenvalue weighted by atomic mass is 35.5. The third-order valence-electron chi connectivity index (χ3n) is 5.47. The van der Waals surface area contributed by atoms with Crippen LogP contribution < -0.4 is 10.5 Å². The van der Waals surface area contributed by atoms with Crippen molar-refractivity contribution in [2.75, 3.05) is 19.5 Å². The van der Waals surface area contributed by atoms with E-state index in [4.69, 9.17) is 22.1 Å². The van der Waals surface area contributed by atoms with Gasteiger partial charge in [-0.1, -0.05) is 11.6 Å². The van der Waals surface area contributed by atoms with Crippen LogP contribution in [0.3, 0.4) is 0 Å². The van der Waals surface area contributed by atoms with Gasteiger partial charge >= 0.3 is 0 Å². The zero-order valence-corrected chi connectivity index (χ0v) is 18.6. The van der Waals surface area contributed by atoms with Crippen LogP contribution >= 0.6 is 11.6 Å². The topological polar surface area (TPSA) is 117 Å². The van der Waals surface area contributed by atoms with E-state index in [1.165, 1.54) is 6.33 Å². The minimum Gasteiger partial charge on any atom is -0.496 e. The fourth-order valence-electron chi connectivity index (χ4n) is 3.91. The Balaban J connectivity index is 1.91. The van der Waals surface area contributed by atoms with Gasteiger partial charge in [-0.25, -0.2) is 14.6 Å². The summed E-state index contributed by atoms with van der Waals surface area (Å²) in [4.78, 5) is 8.49. The van der Waals surface area contributed by atoms with Crippen LogP contribution in [0.1, 0.15) is 29.8 Å². The van der Waals surface area contributed by atoms with Crippen molar-refractivity contribution in [3.63, 3.8) is 0 Å². The number of aliphatic hydroxyl groups is 1. The lowest BCUT2D eigenvalue weighted by atomic mass is 9.95. The first-order chi connectivity index (χ1) is 14.9. The maximum atomic E-state index is 9.21. The summed E-state index contributed by atoms with van der Waals surface area (Å²) in [5, 5.41) is 19.6. The molecule has 31 heavy (non-hydrogen) atoms. The second kappa shape index (κ2) is 8.16. The maximum absolute atomic E-state index is 9.21. The Bertz CT molecular complexity index is 1260. The van der Waals surface area contributed by atoms with Crippen molar-refractivity contribution in [3.8, 4) is 16.9 Å². The predicted molar refractivity (Wildman–Crippen MR) is 119 cm³/mol. The van der Waals surface area contributed by atoms with Gasteiger partial charge in [0.05, 0.1) is 43.6 Å². The molecule has 1 atom stereocenters. The summed E-state index contributed by atoms with van der Waals surface area (Å²) in [7, 11) is 1.63. The summed E-state index contributed by atoms with van der Waals surface area (Å²) in [6.45, 7) is 6.24. The Labute approximate surface area is 184 Å². The van der Waals surface area contributed by atoms with Crippen LogP contribution in [0.15, 0.2) is 24.8 Å². The summed E-state index contributed by atoms with van der Waals surface area (Å²) < 4.78 is 9.37. The molecule has 0 aliphatic carbocycles. The molecule has 0 unspecified atom stereocenters. The highest BCUT2D eigenvalue weighted by Gasteiger charge is 2.25. The average Bonchev–Trinajstić information content (AvgIpc) is 3.34. The van der Waals surface area contributed by atoms with Crippen LogP contribution in [0.25, 0.3) is 22.2 Å². The lowest BCUT2D eigenvalue weighted by Crippen LogP contribution is -2.12. The molecule has 3 heterocycles. The maximum Gasteiger partial charge on any atom is 0.164 e. The van der Waals surface area contributed by atoms with Crippen LogP contribution in [-0.2, 0) is 6.54 Å². The number of rotatable bonds is 6. The molecule has 0 saturated heterocycles. The standard InChI is InChI=1S/C21H24ClN7O2/c1-11-16(22)7-15(19(31-4)17(11)14-8-26-28(9-14)5-6-30)13(3)29-21-18(12(2)27-29)20(23)24-10-25-21/h7-10,13,30H,5-6H2,1-4H3,(H2,23,24,25)/t13-/m1/s1. The van der Waals surface area contributed by atoms with Crippen molar-refractivity contribution in [2.24, 2.45) is 0 Å². The van der Waals surface area contributed by atoms with Crippen molar-refractivity contribution >= 4 is 28.5 Å². The first-order valence-corrected chi connectivity index (χ1v) is 10.2. The Morgan fingerprint density at radius 1 is 1.29 bits per heavy atom. The number of methoxy groups -OCH3 is 1. The normalized spacial score (nSPS) is 12.5. The molecule has 9 nitrogen and oxygen atoms in total. The molecule has 10 heteroatoms. The number of hydrogen-bond donors (Lipinski definition) is 2. The van der Waals surface area contributed by atoms with Crippen LogP contribution in [0.2, 0.25) is 5.02 Å². The third-order valence-corrected chi connectivity index (χ3v) is 5.86. The number of aliphatic hydroxyl groups excluding tert-OH is 1. The highest BCUT2D eigenvalue weighted by Crippen LogP contribution is 2.43. The molecule has 3 aromatic heterocycles. The number of benzene rings is 1. The SMILES string of the molecule is COc1c([C@@H](C)n2nc(C)c3c(N)ncnc32)cc(Cl)c(C)c1-c1cnn(CCO)c1. The van der Waals surface area contributed by atoms with Gasteiger partial charge in [-0.3, -0.25) is 4.68 Å². The van der Waals surface area contributed by atoms with Crippen LogP contribution in [0.5, 0.6) is 5.75 Å². The minimum absolute atomic E-state index is 0.00573. The monoisotopic (exact) mass is 441 g/mol. The van der Waals surface area contributed by atoms with Crippen LogP contribution in [0.4, 0.5) is 5.82 Å². The molecule has 0 bridgehead atoms. The molecule has 4 aromatic rings. The van der Waals surface area contributed by atoms with Gasteiger partial charge in [0.2, 0.25) is 0 Å². The molecule has 0 spiro atoms. The molecule has 162 valence electrons. The molecular formula is C21H24ClN7O2. The van der Waals surface area contributed by atoms with E-state index in [9.17, 15) is 5.11 Å². The number of hydrogen-bond acceptors (Lipinski definition) is 7. The van der Waals surface area contributed by atoms with Crippen molar-refractivity contribution in [1.82, 2.24) is 29.5 Å². The molecule has 1 aromatic carbocycles. The Hall–Kier alpha value is -3.17. The van der Waals surface area contributed by atoms with Crippen molar-refractivity contribution < 1.29 is 9.84 Å². The number of ether oxygens (including phenoxy) is 1. The summed E-state index contributed by atoms with van der Waals surface area (Å²) in [5.74, 6) is 1.08. The van der Waals surface area contributed by atoms with Gasteiger partial charge in [0.25, 0.3) is 0 Å². The van der Waals surface area contributed by atoms with Gasteiger partial charge in [0, 0.05) is 27.9 Å². The van der Waals surface area contributed by atoms with E-state index in [-0.39, 0.29) is 12.6 Å². The number of aromatic nitrogens is 6. The summed E-state index contributed by atoms with van der Waals surface area (Å²) in [6.07, 6.45) is 5.04. The van der Waals surface area contributed by atoms with Crippen molar-refractivity contribution in [1.29, 1.82) is 0 Å². The smallest absolute Gasteiger partial charge is 0.164 e. The Morgan fingerprint density at radius 2 is 2.06 bits per heavy atom. The van der Waals surface area contributed by atoms with Gasteiger partial charge in [0.15, 0.2) is 5.65 Å². The van der Waals surface area contributed by atoms with E-state index in [0.717, 1.165) is 33.3 Å². The number of nitrogens with two attached hydrogens (primary N) is 1. The van der Waals surface area contributed by atoms with E-state index in [1.54, 1.807) is 18.0 Å². The van der Waals surface area contributed by atoms with Crippen molar-refractivity contribution in [2.45, 2.75) is 33.4 Å². The quantitative estimate of drug-likeness (QED) is 0.472. The molecule has 4 rings (SSSR count). The van der Waals surface area contributed by atoms with Gasteiger partial charge in [-0.05, 0) is 32.4 Å². The van der Waals surface area contributed by atoms with Gasteiger partial charge < -0.3 is 15.6 Å². The predicted octanol–water partition coefficient (Wildman–Crippen LogP) is 3.15. The first kappa shape index (κ1) is 21.1.